The molecule has 0 aliphatic rings. The quantitative estimate of drug-likeness (QED) is 0.684. The van der Waals surface area contributed by atoms with Gasteiger partial charge in [-0.25, -0.2) is 4.98 Å². The van der Waals surface area contributed by atoms with Crippen molar-refractivity contribution < 1.29 is 4.79 Å². The summed E-state index contributed by atoms with van der Waals surface area (Å²) in [5.41, 5.74) is 3.87. The molecule has 0 aliphatic heterocycles. The number of para-hydroxylation sites is 2. The largest absolute Gasteiger partial charge is 0.331 e. The van der Waals surface area contributed by atoms with E-state index in [0.717, 1.165) is 28.0 Å². The lowest BCUT2D eigenvalue weighted by molar-refractivity contribution is 0.0990. The van der Waals surface area contributed by atoms with E-state index in [9.17, 15) is 4.79 Å². The van der Waals surface area contributed by atoms with Gasteiger partial charge in [-0.2, -0.15) is 11.3 Å². The van der Waals surface area contributed by atoms with Gasteiger partial charge >= 0.3 is 0 Å². The van der Waals surface area contributed by atoms with Gasteiger partial charge in [-0.15, -0.1) is 0 Å². The van der Waals surface area contributed by atoms with Gasteiger partial charge in [-0.05, 0) is 30.0 Å². The fraction of sp³-hybridized carbons (Fsp3) is 0.200. The third kappa shape index (κ3) is 2.08. The molecule has 0 amide bonds. The lowest BCUT2D eigenvalue weighted by atomic mass is 10.1. The Hall–Kier alpha value is -1.94. The molecule has 0 atom stereocenters. The molecule has 4 heteroatoms. The van der Waals surface area contributed by atoms with Gasteiger partial charge in [-0.1, -0.05) is 12.1 Å². The van der Waals surface area contributed by atoms with E-state index in [1.165, 1.54) is 0 Å². The molecule has 3 aromatic rings. The summed E-state index contributed by atoms with van der Waals surface area (Å²) in [6.45, 7) is 1.97. The van der Waals surface area contributed by atoms with Crippen LogP contribution in [-0.4, -0.2) is 15.3 Å². The number of carbonyl (C=O) groups is 1. The molecule has 2 aromatic heterocycles. The first-order chi connectivity index (χ1) is 9.16. The molecule has 1 aromatic carbocycles. The summed E-state index contributed by atoms with van der Waals surface area (Å²) in [6.07, 6.45) is 0.350. The molecule has 0 fully saturated rings. The van der Waals surface area contributed by atoms with E-state index in [1.54, 1.807) is 11.3 Å². The Balaban J connectivity index is 1.96. The van der Waals surface area contributed by atoms with E-state index in [1.807, 2.05) is 53.6 Å². The van der Waals surface area contributed by atoms with E-state index >= 15 is 0 Å². The van der Waals surface area contributed by atoms with E-state index in [0.29, 0.717) is 6.42 Å². The fourth-order valence-corrected chi connectivity index (χ4v) is 3.09. The van der Waals surface area contributed by atoms with Crippen LogP contribution < -0.4 is 0 Å². The van der Waals surface area contributed by atoms with Crippen molar-refractivity contribution in [3.05, 3.63) is 52.0 Å². The number of Topliss-reactive ketones (excluding diaryl/α,β-unsaturated/α-hetero) is 1. The Labute approximate surface area is 115 Å². The van der Waals surface area contributed by atoms with Crippen LogP contribution in [0.25, 0.3) is 11.0 Å². The van der Waals surface area contributed by atoms with Gasteiger partial charge in [0.1, 0.15) is 5.82 Å². The number of ketones is 1. The van der Waals surface area contributed by atoms with Gasteiger partial charge in [0.25, 0.3) is 0 Å². The Morgan fingerprint density at radius 1 is 1.32 bits per heavy atom. The van der Waals surface area contributed by atoms with E-state index < -0.39 is 0 Å². The molecule has 0 unspecified atom stereocenters. The average molecular weight is 270 g/mol. The molecule has 0 bridgehead atoms. The normalized spacial score (nSPS) is 11.1. The second-order valence-corrected chi connectivity index (χ2v) is 5.39. The standard InChI is InChI=1S/C15H14N2OS/c1-10-8-19-9-11(10)14(18)7-15-16-12-5-3-4-6-13(12)17(15)2/h3-6,8-9H,7H2,1-2H3. The first kappa shape index (κ1) is 12.1. The topological polar surface area (TPSA) is 34.9 Å². The summed E-state index contributed by atoms with van der Waals surface area (Å²) in [6, 6.07) is 7.94. The van der Waals surface area contributed by atoms with Crippen LogP contribution in [0.1, 0.15) is 21.7 Å². The van der Waals surface area contributed by atoms with Gasteiger partial charge in [0.15, 0.2) is 5.78 Å². The second-order valence-electron chi connectivity index (χ2n) is 4.64. The van der Waals surface area contributed by atoms with Crippen LogP contribution in [0.3, 0.4) is 0 Å². The second kappa shape index (κ2) is 4.63. The van der Waals surface area contributed by atoms with Crippen LogP contribution in [0.15, 0.2) is 35.0 Å². The summed E-state index contributed by atoms with van der Waals surface area (Å²) in [7, 11) is 1.96. The molecule has 0 saturated heterocycles. The number of hydrogen-bond acceptors (Lipinski definition) is 3. The van der Waals surface area contributed by atoms with Crippen LogP contribution in [-0.2, 0) is 13.5 Å². The maximum atomic E-state index is 12.3. The monoisotopic (exact) mass is 270 g/mol. The van der Waals surface area contributed by atoms with Crippen LogP contribution in [0.2, 0.25) is 0 Å². The molecule has 0 radical (unpaired) electrons. The molecule has 3 nitrogen and oxygen atoms in total. The predicted molar refractivity (Wildman–Crippen MR) is 77.8 cm³/mol. The minimum Gasteiger partial charge on any atom is -0.331 e. The van der Waals surface area contributed by atoms with E-state index in [-0.39, 0.29) is 5.78 Å². The number of thiophene rings is 1. The first-order valence-electron chi connectivity index (χ1n) is 6.13. The highest BCUT2D eigenvalue weighted by molar-refractivity contribution is 7.08. The van der Waals surface area contributed by atoms with Gasteiger partial charge in [0.05, 0.1) is 17.5 Å². The lowest BCUT2D eigenvalue weighted by Crippen LogP contribution is -2.08. The van der Waals surface area contributed by atoms with Crippen molar-refractivity contribution in [2.24, 2.45) is 7.05 Å². The maximum Gasteiger partial charge on any atom is 0.171 e. The Bertz CT molecular complexity index is 754. The van der Waals surface area contributed by atoms with Crippen molar-refractivity contribution in [3.63, 3.8) is 0 Å². The highest BCUT2D eigenvalue weighted by atomic mass is 32.1. The number of carbonyl (C=O) groups excluding carboxylic acids is 1. The number of aryl methyl sites for hydroxylation is 2. The van der Waals surface area contributed by atoms with Gasteiger partial charge in [0.2, 0.25) is 0 Å². The van der Waals surface area contributed by atoms with E-state index in [2.05, 4.69) is 4.98 Å². The zero-order chi connectivity index (χ0) is 13.4. The molecule has 96 valence electrons. The van der Waals surface area contributed by atoms with Gasteiger partial charge in [-0.3, -0.25) is 4.79 Å². The Morgan fingerprint density at radius 2 is 2.11 bits per heavy atom. The van der Waals surface area contributed by atoms with Crippen LogP contribution >= 0.6 is 11.3 Å². The maximum absolute atomic E-state index is 12.3. The molecular formula is C15H14N2OS. The van der Waals surface area contributed by atoms with Crippen LogP contribution in [0.4, 0.5) is 0 Å². The lowest BCUT2D eigenvalue weighted by Gasteiger charge is -2.02. The van der Waals surface area contributed by atoms with Gasteiger partial charge in [0, 0.05) is 18.0 Å². The molecule has 2 heterocycles. The number of hydrogen-bond donors (Lipinski definition) is 0. The first-order valence-corrected chi connectivity index (χ1v) is 7.07. The van der Waals surface area contributed by atoms with Crippen molar-refractivity contribution in [3.8, 4) is 0 Å². The Morgan fingerprint density at radius 3 is 2.79 bits per heavy atom. The molecule has 0 aliphatic carbocycles. The van der Waals surface area contributed by atoms with Crippen molar-refractivity contribution in [1.29, 1.82) is 0 Å². The molecule has 3 rings (SSSR count). The number of rotatable bonds is 3. The minimum atomic E-state index is 0.136. The summed E-state index contributed by atoms with van der Waals surface area (Å²) >= 11 is 1.57. The summed E-state index contributed by atoms with van der Waals surface area (Å²) in [5, 5.41) is 3.92. The molecule has 0 spiro atoms. The molecule has 0 N–H and O–H groups in total. The fourth-order valence-electron chi connectivity index (χ4n) is 2.24. The zero-order valence-corrected chi connectivity index (χ0v) is 11.7. The van der Waals surface area contributed by atoms with Gasteiger partial charge < -0.3 is 4.57 Å². The smallest absolute Gasteiger partial charge is 0.171 e. The summed E-state index contributed by atoms with van der Waals surface area (Å²) < 4.78 is 1.99. The average Bonchev–Trinajstić information content (AvgIpc) is 2.95. The highest BCUT2D eigenvalue weighted by Crippen LogP contribution is 2.19. The third-order valence-corrected chi connectivity index (χ3v) is 4.22. The summed E-state index contributed by atoms with van der Waals surface area (Å²) in [4.78, 5) is 16.8. The number of benzene rings is 1. The summed E-state index contributed by atoms with van der Waals surface area (Å²) in [5.74, 6) is 0.953. The zero-order valence-electron chi connectivity index (χ0n) is 10.9. The van der Waals surface area contributed by atoms with Crippen molar-refractivity contribution in [2.45, 2.75) is 13.3 Å². The molecular weight excluding hydrogens is 256 g/mol. The number of aromatic nitrogens is 2. The molecule has 19 heavy (non-hydrogen) atoms. The van der Waals surface area contributed by atoms with Crippen molar-refractivity contribution >= 4 is 28.2 Å². The number of imidazole rings is 1. The highest BCUT2D eigenvalue weighted by Gasteiger charge is 2.15. The third-order valence-electron chi connectivity index (χ3n) is 3.35. The van der Waals surface area contributed by atoms with Crippen molar-refractivity contribution in [1.82, 2.24) is 9.55 Å². The van der Waals surface area contributed by atoms with E-state index in [4.69, 9.17) is 0 Å². The van der Waals surface area contributed by atoms with Crippen molar-refractivity contribution in [2.75, 3.05) is 0 Å². The van der Waals surface area contributed by atoms with Crippen LogP contribution in [0, 0.1) is 6.92 Å². The SMILES string of the molecule is Cc1cscc1C(=O)Cc1nc2ccccc2n1C. The predicted octanol–water partition coefficient (Wildman–Crippen LogP) is 3.37. The Kier molecular flexibility index (Phi) is 2.95. The molecule has 0 saturated carbocycles. The minimum absolute atomic E-state index is 0.136. The number of fused-ring (bicyclic) bond motifs is 1. The van der Waals surface area contributed by atoms with Crippen LogP contribution in [0.5, 0.6) is 0 Å². The number of nitrogens with zero attached hydrogens (tertiary/aromatic N) is 2.